The molecule has 1 fully saturated rings. The number of fused-ring (bicyclic) bond motifs is 1. The second-order valence-electron chi connectivity index (χ2n) is 6.20. The van der Waals surface area contributed by atoms with Gasteiger partial charge in [-0.3, -0.25) is 9.69 Å². The van der Waals surface area contributed by atoms with E-state index in [0.717, 1.165) is 43.8 Å². The lowest BCUT2D eigenvalue weighted by atomic mass is 10.3. The Labute approximate surface area is 156 Å². The zero-order valence-corrected chi connectivity index (χ0v) is 15.3. The fourth-order valence-corrected chi connectivity index (χ4v) is 3.33. The molecule has 8 heteroatoms. The molecule has 0 spiro atoms. The zero-order chi connectivity index (χ0) is 18.5. The third kappa shape index (κ3) is 4.41. The monoisotopic (exact) mass is 380 g/mol. The van der Waals surface area contributed by atoms with Gasteiger partial charge in [0.2, 0.25) is 0 Å². The number of rotatable bonds is 7. The van der Waals surface area contributed by atoms with E-state index in [9.17, 15) is 9.18 Å². The summed E-state index contributed by atoms with van der Waals surface area (Å²) in [6.45, 7) is 7.95. The van der Waals surface area contributed by atoms with Crippen LogP contribution < -0.4 is 5.32 Å². The first-order chi connectivity index (χ1) is 12.6. The van der Waals surface area contributed by atoms with Crippen molar-refractivity contribution in [3.8, 4) is 0 Å². The van der Waals surface area contributed by atoms with E-state index in [1.54, 1.807) is 12.3 Å². The number of morpholine rings is 1. The van der Waals surface area contributed by atoms with Crippen LogP contribution in [0, 0.1) is 0 Å². The summed E-state index contributed by atoms with van der Waals surface area (Å²) in [6.07, 6.45) is 1.72. The van der Waals surface area contributed by atoms with Gasteiger partial charge in [-0.05, 0) is 12.1 Å². The molecule has 0 aliphatic carbocycles. The van der Waals surface area contributed by atoms with Gasteiger partial charge in [-0.2, -0.15) is 0 Å². The Kier molecular flexibility index (Phi) is 6.24. The van der Waals surface area contributed by atoms with Gasteiger partial charge in [-0.1, -0.05) is 18.2 Å². The molecule has 1 amide bonds. The fourth-order valence-electron chi connectivity index (χ4n) is 3.06. The van der Waals surface area contributed by atoms with Crippen LogP contribution in [0.5, 0.6) is 0 Å². The van der Waals surface area contributed by atoms with Crippen molar-refractivity contribution in [2.45, 2.75) is 13.0 Å². The minimum Gasteiger partial charge on any atom is -0.379 e. The molecule has 0 radical (unpaired) electrons. The molecule has 1 N–H and O–H groups in total. The van der Waals surface area contributed by atoms with Crippen molar-refractivity contribution in [2.24, 2.45) is 0 Å². The maximum absolute atomic E-state index is 12.8. The highest BCUT2D eigenvalue weighted by Gasteiger charge is 2.19. The zero-order valence-electron chi connectivity index (χ0n) is 14.5. The molecule has 0 aromatic carbocycles. The minimum atomic E-state index is -0.453. The number of hydrogen-bond acceptors (Lipinski definition) is 4. The maximum atomic E-state index is 12.8. The van der Waals surface area contributed by atoms with E-state index in [1.807, 2.05) is 10.6 Å². The molecule has 1 aliphatic rings. The van der Waals surface area contributed by atoms with Crippen molar-refractivity contribution in [3.05, 3.63) is 41.6 Å². The smallest absolute Gasteiger partial charge is 0.267 e. The Balaban J connectivity index is 1.82. The number of nitrogens with one attached hydrogen (secondary N) is 1. The minimum absolute atomic E-state index is 0.0993. The first-order valence-corrected chi connectivity index (χ1v) is 8.99. The Hall–Kier alpha value is -1.96. The molecule has 2 aromatic rings. The normalized spacial score (nSPS) is 15.3. The van der Waals surface area contributed by atoms with Crippen LogP contribution >= 0.6 is 11.6 Å². The molecule has 26 heavy (non-hydrogen) atoms. The number of nitrogens with zero attached hydrogens (tertiary/aromatic N) is 3. The Morgan fingerprint density at radius 1 is 1.38 bits per heavy atom. The number of pyridine rings is 1. The number of halogens is 2. The van der Waals surface area contributed by atoms with Crippen LogP contribution in [0.1, 0.15) is 16.9 Å². The topological polar surface area (TPSA) is 59.4 Å². The van der Waals surface area contributed by atoms with E-state index in [-0.39, 0.29) is 18.9 Å². The second kappa shape index (κ2) is 8.62. The molecule has 0 bridgehead atoms. The van der Waals surface area contributed by atoms with Crippen LogP contribution in [-0.4, -0.2) is 59.8 Å². The van der Waals surface area contributed by atoms with Crippen molar-refractivity contribution in [1.29, 1.82) is 0 Å². The average Bonchev–Trinajstić information content (AvgIpc) is 3.00. The van der Waals surface area contributed by atoms with Crippen molar-refractivity contribution in [3.63, 3.8) is 0 Å². The van der Waals surface area contributed by atoms with Crippen molar-refractivity contribution >= 4 is 28.4 Å². The van der Waals surface area contributed by atoms with Gasteiger partial charge < -0.3 is 14.6 Å². The molecule has 3 heterocycles. The lowest BCUT2D eigenvalue weighted by molar-refractivity contribution is 0.0364. The molecular weight excluding hydrogens is 359 g/mol. The van der Waals surface area contributed by atoms with Crippen LogP contribution in [0.25, 0.3) is 10.9 Å². The highest BCUT2D eigenvalue weighted by Crippen LogP contribution is 2.25. The number of hydrogen-bond donors (Lipinski definition) is 1. The molecule has 2 aromatic heterocycles. The summed E-state index contributed by atoms with van der Waals surface area (Å²) < 4.78 is 20.0. The number of ether oxygens (including phenoxy) is 1. The van der Waals surface area contributed by atoms with Gasteiger partial charge in [-0.15, -0.1) is 0 Å². The summed E-state index contributed by atoms with van der Waals surface area (Å²) in [4.78, 5) is 19.0. The van der Waals surface area contributed by atoms with Crippen LogP contribution in [0.3, 0.4) is 0 Å². The number of carbonyl (C=O) groups is 1. The number of amides is 1. The van der Waals surface area contributed by atoms with E-state index in [1.165, 1.54) is 0 Å². The Bertz CT molecular complexity index is 802. The van der Waals surface area contributed by atoms with Gasteiger partial charge in [0.1, 0.15) is 5.69 Å². The van der Waals surface area contributed by atoms with Crippen LogP contribution in [0.15, 0.2) is 30.7 Å². The molecule has 6 nitrogen and oxygen atoms in total. The van der Waals surface area contributed by atoms with Crippen molar-refractivity contribution in [2.75, 3.05) is 39.4 Å². The first kappa shape index (κ1) is 18.8. The first-order valence-electron chi connectivity index (χ1n) is 8.61. The lowest BCUT2D eigenvalue weighted by Gasteiger charge is -2.27. The molecule has 0 saturated carbocycles. The maximum Gasteiger partial charge on any atom is 0.267 e. The second-order valence-corrected chi connectivity index (χ2v) is 6.56. The highest BCUT2D eigenvalue weighted by molar-refractivity contribution is 6.34. The number of carbonyl (C=O) groups excluding carboxylic acids is 1. The largest absolute Gasteiger partial charge is 0.379 e. The van der Waals surface area contributed by atoms with E-state index >= 15 is 0 Å². The Morgan fingerprint density at radius 2 is 2.15 bits per heavy atom. The molecule has 140 valence electrons. The van der Waals surface area contributed by atoms with Gasteiger partial charge in [0.25, 0.3) is 5.91 Å². The predicted molar refractivity (Wildman–Crippen MR) is 99.2 cm³/mol. The third-order valence-corrected chi connectivity index (χ3v) is 4.70. The van der Waals surface area contributed by atoms with Gasteiger partial charge in [0.05, 0.1) is 24.6 Å². The van der Waals surface area contributed by atoms with E-state index < -0.39 is 5.83 Å². The summed E-state index contributed by atoms with van der Waals surface area (Å²) in [5, 5.41) is 3.95. The van der Waals surface area contributed by atoms with Gasteiger partial charge in [-0.25, -0.2) is 9.37 Å². The molecule has 1 aliphatic heterocycles. The van der Waals surface area contributed by atoms with E-state index in [2.05, 4.69) is 21.8 Å². The average molecular weight is 381 g/mol. The SMILES string of the molecule is C=C(F)CCNC(=O)c1cc2ccnc(Cl)c2n1CCN1CCOCC1. The molecule has 1 saturated heterocycles. The molecular formula is C18H22ClFN4O2. The summed E-state index contributed by atoms with van der Waals surface area (Å²) in [5.74, 6) is -0.717. The third-order valence-electron chi connectivity index (χ3n) is 4.42. The predicted octanol–water partition coefficient (Wildman–Crippen LogP) is 2.63. The quantitative estimate of drug-likeness (QED) is 0.750. The van der Waals surface area contributed by atoms with Crippen molar-refractivity contribution in [1.82, 2.24) is 19.8 Å². The summed E-state index contributed by atoms with van der Waals surface area (Å²) >= 11 is 6.29. The summed E-state index contributed by atoms with van der Waals surface area (Å²) in [6, 6.07) is 3.62. The van der Waals surface area contributed by atoms with Crippen molar-refractivity contribution < 1.29 is 13.9 Å². The van der Waals surface area contributed by atoms with Crippen LogP contribution in [0.4, 0.5) is 4.39 Å². The molecule has 0 unspecified atom stereocenters. The van der Waals surface area contributed by atoms with Gasteiger partial charge in [0.15, 0.2) is 5.15 Å². The fraction of sp³-hybridized carbons (Fsp3) is 0.444. The molecule has 3 rings (SSSR count). The molecule has 0 atom stereocenters. The summed E-state index contributed by atoms with van der Waals surface area (Å²) in [5.41, 5.74) is 1.23. The highest BCUT2D eigenvalue weighted by atomic mass is 35.5. The lowest BCUT2D eigenvalue weighted by Crippen LogP contribution is -2.38. The van der Waals surface area contributed by atoms with Gasteiger partial charge in [0, 0.05) is 50.7 Å². The van der Waals surface area contributed by atoms with Crippen LogP contribution in [0.2, 0.25) is 5.15 Å². The Morgan fingerprint density at radius 3 is 2.88 bits per heavy atom. The number of aromatic nitrogens is 2. The standard InChI is InChI=1S/C18H22ClFN4O2/c1-13(20)2-4-22-18(25)15-12-14-3-5-21-17(19)16(14)24(15)7-6-23-8-10-26-11-9-23/h3,5,12H,1-2,4,6-11H2,(H,22,25). The van der Waals surface area contributed by atoms with Crippen LogP contribution in [-0.2, 0) is 11.3 Å². The van der Waals surface area contributed by atoms with Gasteiger partial charge >= 0.3 is 0 Å². The van der Waals surface area contributed by atoms with E-state index in [0.29, 0.717) is 17.4 Å². The van der Waals surface area contributed by atoms with E-state index in [4.69, 9.17) is 16.3 Å². The summed E-state index contributed by atoms with van der Waals surface area (Å²) in [7, 11) is 0.